The monoisotopic (exact) mass is 397 g/mol. The van der Waals surface area contributed by atoms with Crippen molar-refractivity contribution in [3.8, 4) is 5.69 Å². The second-order valence-electron chi connectivity index (χ2n) is 7.08. The molecule has 28 heavy (non-hydrogen) atoms. The van der Waals surface area contributed by atoms with Gasteiger partial charge in [-0.2, -0.15) is 0 Å². The van der Waals surface area contributed by atoms with E-state index in [1.807, 2.05) is 31.2 Å². The van der Waals surface area contributed by atoms with E-state index < -0.39 is 0 Å². The van der Waals surface area contributed by atoms with Crippen LogP contribution in [-0.4, -0.2) is 55.4 Å². The van der Waals surface area contributed by atoms with E-state index in [2.05, 4.69) is 30.6 Å². The Balaban J connectivity index is 1.28. The third-order valence-electron chi connectivity index (χ3n) is 4.93. The second kappa shape index (κ2) is 8.57. The summed E-state index contributed by atoms with van der Waals surface area (Å²) in [6.07, 6.45) is 5.55. The highest BCUT2D eigenvalue weighted by Gasteiger charge is 2.21. The van der Waals surface area contributed by atoms with Gasteiger partial charge in [-0.25, -0.2) is 0 Å². The zero-order valence-electron chi connectivity index (χ0n) is 15.8. The fourth-order valence-corrected chi connectivity index (χ4v) is 4.26. The summed E-state index contributed by atoms with van der Waals surface area (Å²) in [6, 6.07) is 7.45. The summed E-state index contributed by atoms with van der Waals surface area (Å²) in [7, 11) is 0. The largest absolute Gasteiger partial charge is 0.352 e. The van der Waals surface area contributed by atoms with Crippen LogP contribution in [0.25, 0.3) is 5.69 Å². The maximum atomic E-state index is 12.5. The smallest absolute Gasteiger partial charge is 0.251 e. The molecule has 1 N–H and O–H groups in total. The zero-order valence-corrected chi connectivity index (χ0v) is 16.6. The molecule has 8 nitrogen and oxygen atoms in total. The molecular weight excluding hydrogens is 374 g/mol. The van der Waals surface area contributed by atoms with Gasteiger partial charge in [0.1, 0.15) is 22.7 Å². The van der Waals surface area contributed by atoms with Crippen LogP contribution in [0.5, 0.6) is 0 Å². The van der Waals surface area contributed by atoms with Gasteiger partial charge in [0, 0.05) is 24.3 Å². The molecule has 1 aliphatic heterocycles. The third-order valence-corrected chi connectivity index (χ3v) is 5.75. The molecule has 1 atom stereocenters. The van der Waals surface area contributed by atoms with E-state index in [-0.39, 0.29) is 5.91 Å². The lowest BCUT2D eigenvalue weighted by Gasteiger charge is -2.32. The fraction of sp³-hybridized carbons (Fsp3) is 0.421. The molecule has 3 heterocycles. The number of piperidine rings is 1. The number of nitrogens with zero attached hydrogens (tertiary/aromatic N) is 6. The summed E-state index contributed by atoms with van der Waals surface area (Å²) in [5.74, 6) is 0.426. The zero-order chi connectivity index (χ0) is 19.3. The van der Waals surface area contributed by atoms with Crippen LogP contribution in [-0.2, 0) is 6.54 Å². The van der Waals surface area contributed by atoms with Crippen LogP contribution in [0, 0.1) is 12.8 Å². The Morgan fingerprint density at radius 3 is 2.71 bits per heavy atom. The molecule has 9 heteroatoms. The van der Waals surface area contributed by atoms with Crippen LogP contribution < -0.4 is 5.32 Å². The van der Waals surface area contributed by atoms with Gasteiger partial charge in [0.15, 0.2) is 0 Å². The number of aryl methyl sites for hydroxylation is 1. The van der Waals surface area contributed by atoms with E-state index >= 15 is 0 Å². The summed E-state index contributed by atoms with van der Waals surface area (Å²) >= 11 is 1.66. The molecule has 0 saturated carbocycles. The molecule has 2 aromatic heterocycles. The lowest BCUT2D eigenvalue weighted by molar-refractivity contribution is 0.0930. The van der Waals surface area contributed by atoms with Gasteiger partial charge in [0.25, 0.3) is 5.91 Å². The summed E-state index contributed by atoms with van der Waals surface area (Å²) < 4.78 is 1.80. The van der Waals surface area contributed by atoms with E-state index in [0.29, 0.717) is 18.0 Å². The quantitative estimate of drug-likeness (QED) is 0.685. The maximum Gasteiger partial charge on any atom is 0.251 e. The number of benzene rings is 1. The van der Waals surface area contributed by atoms with Crippen molar-refractivity contribution in [3.05, 3.63) is 52.5 Å². The molecule has 1 unspecified atom stereocenters. The van der Waals surface area contributed by atoms with Gasteiger partial charge < -0.3 is 5.32 Å². The van der Waals surface area contributed by atoms with Gasteiger partial charge in [-0.05, 0) is 56.5 Å². The van der Waals surface area contributed by atoms with Crippen molar-refractivity contribution < 1.29 is 4.79 Å². The van der Waals surface area contributed by atoms with E-state index in [1.54, 1.807) is 28.6 Å². The minimum Gasteiger partial charge on any atom is -0.352 e. The first-order valence-electron chi connectivity index (χ1n) is 9.42. The van der Waals surface area contributed by atoms with E-state index in [1.165, 1.54) is 0 Å². The van der Waals surface area contributed by atoms with Gasteiger partial charge in [-0.15, -0.1) is 31.7 Å². The number of amides is 1. The SMILES string of the molecule is Cc1nnc(CN2CCCC(CNC(=O)c3ccc(-n4cnnc4)cc3)C2)s1. The number of nitrogens with one attached hydrogen (secondary N) is 1. The molecule has 146 valence electrons. The normalized spacial score (nSPS) is 17.5. The van der Waals surface area contributed by atoms with Crippen molar-refractivity contribution in [3.63, 3.8) is 0 Å². The minimum absolute atomic E-state index is 0.0350. The molecule has 0 aliphatic carbocycles. The molecule has 1 aliphatic rings. The predicted octanol–water partition coefficient (Wildman–Crippen LogP) is 2.07. The van der Waals surface area contributed by atoms with Crippen LogP contribution in [0.4, 0.5) is 0 Å². The summed E-state index contributed by atoms with van der Waals surface area (Å²) in [6.45, 7) is 5.58. The number of hydrogen-bond donors (Lipinski definition) is 1. The molecule has 1 amide bonds. The van der Waals surface area contributed by atoms with Gasteiger partial charge in [0.05, 0.1) is 6.54 Å². The molecular formula is C19H23N7OS. The average Bonchev–Trinajstić information content (AvgIpc) is 3.39. The summed E-state index contributed by atoms with van der Waals surface area (Å²) in [5, 5.41) is 21.1. The molecule has 0 spiro atoms. The van der Waals surface area contributed by atoms with Crippen LogP contribution in [0.1, 0.15) is 33.2 Å². The van der Waals surface area contributed by atoms with Crippen LogP contribution in [0.3, 0.4) is 0 Å². The fourth-order valence-electron chi connectivity index (χ4n) is 3.51. The van der Waals surface area contributed by atoms with Crippen molar-refractivity contribution in [1.29, 1.82) is 0 Å². The molecule has 1 saturated heterocycles. The Hall–Kier alpha value is -2.65. The number of hydrogen-bond acceptors (Lipinski definition) is 7. The van der Waals surface area contributed by atoms with Gasteiger partial charge in [-0.3, -0.25) is 14.3 Å². The molecule has 0 radical (unpaired) electrons. The Morgan fingerprint density at radius 2 is 2.00 bits per heavy atom. The molecule has 1 fully saturated rings. The summed E-state index contributed by atoms with van der Waals surface area (Å²) in [4.78, 5) is 14.9. The molecule has 4 rings (SSSR count). The minimum atomic E-state index is -0.0350. The number of carbonyl (C=O) groups excluding carboxylic acids is 1. The Bertz CT molecular complexity index is 907. The molecule has 3 aromatic rings. The van der Waals surface area contributed by atoms with Crippen LogP contribution >= 0.6 is 11.3 Å². The first-order chi connectivity index (χ1) is 13.7. The van der Waals surface area contributed by atoms with E-state index in [0.717, 1.165) is 48.2 Å². The highest BCUT2D eigenvalue weighted by atomic mass is 32.1. The van der Waals surface area contributed by atoms with E-state index in [9.17, 15) is 4.79 Å². The van der Waals surface area contributed by atoms with Crippen LogP contribution in [0.15, 0.2) is 36.9 Å². The first-order valence-corrected chi connectivity index (χ1v) is 10.2. The number of likely N-dealkylation sites (tertiary alicyclic amines) is 1. The van der Waals surface area contributed by atoms with Crippen LogP contribution in [0.2, 0.25) is 0 Å². The topological polar surface area (TPSA) is 88.8 Å². The Morgan fingerprint density at radius 1 is 1.21 bits per heavy atom. The lowest BCUT2D eigenvalue weighted by Crippen LogP contribution is -2.40. The Kier molecular flexibility index (Phi) is 5.73. The van der Waals surface area contributed by atoms with Gasteiger partial charge in [-0.1, -0.05) is 0 Å². The van der Waals surface area contributed by atoms with Crippen molar-refractivity contribution in [1.82, 2.24) is 35.2 Å². The molecule has 1 aromatic carbocycles. The second-order valence-corrected chi connectivity index (χ2v) is 8.35. The number of rotatable bonds is 6. The van der Waals surface area contributed by atoms with Crippen molar-refractivity contribution in [2.45, 2.75) is 26.3 Å². The number of carbonyl (C=O) groups is 1. The molecule has 0 bridgehead atoms. The van der Waals surface area contributed by atoms with Crippen molar-refractivity contribution in [2.24, 2.45) is 5.92 Å². The predicted molar refractivity (Wildman–Crippen MR) is 106 cm³/mol. The lowest BCUT2D eigenvalue weighted by atomic mass is 9.98. The maximum absolute atomic E-state index is 12.5. The Labute approximate surface area is 167 Å². The first kappa shape index (κ1) is 18.7. The van der Waals surface area contributed by atoms with Gasteiger partial charge >= 0.3 is 0 Å². The highest BCUT2D eigenvalue weighted by Crippen LogP contribution is 2.19. The number of aromatic nitrogens is 5. The van der Waals surface area contributed by atoms with Crippen molar-refractivity contribution >= 4 is 17.2 Å². The summed E-state index contributed by atoms with van der Waals surface area (Å²) in [5.41, 5.74) is 1.59. The average molecular weight is 398 g/mol. The third kappa shape index (κ3) is 4.60. The standard InChI is InChI=1S/C19H23N7OS/c1-14-23-24-18(28-14)11-25-8-2-3-15(10-25)9-20-19(27)16-4-6-17(7-5-16)26-12-21-22-13-26/h4-7,12-13,15H,2-3,8-11H2,1H3,(H,20,27). The highest BCUT2D eigenvalue weighted by molar-refractivity contribution is 7.11. The van der Waals surface area contributed by atoms with E-state index in [4.69, 9.17) is 0 Å². The van der Waals surface area contributed by atoms with Gasteiger partial charge in [0.2, 0.25) is 0 Å². The van der Waals surface area contributed by atoms with Crippen molar-refractivity contribution in [2.75, 3.05) is 19.6 Å².